The highest BCUT2D eigenvalue weighted by atomic mass is 15.4. The Morgan fingerprint density at radius 3 is 1.73 bits per heavy atom. The van der Waals surface area contributed by atoms with Crippen LogP contribution in [0.25, 0.3) is 22.3 Å². The average Bonchev–Trinajstić information content (AvgIpc) is 3.32. The highest BCUT2D eigenvalue weighted by molar-refractivity contribution is 5.84. The Morgan fingerprint density at radius 2 is 1.12 bits per heavy atom. The van der Waals surface area contributed by atoms with E-state index < -0.39 is 0 Å². The van der Waals surface area contributed by atoms with Gasteiger partial charge in [0.1, 0.15) is 0 Å². The summed E-state index contributed by atoms with van der Waals surface area (Å²) in [5.41, 5.74) is 8.94. The molecule has 0 bridgehead atoms. The second-order valence-corrected chi connectivity index (χ2v) is 8.53. The van der Waals surface area contributed by atoms with Crippen LogP contribution in [0.5, 0.6) is 0 Å². The molecule has 0 aromatic heterocycles. The van der Waals surface area contributed by atoms with Crippen molar-refractivity contribution >= 4 is 11.4 Å². The summed E-state index contributed by atoms with van der Waals surface area (Å²) in [6, 6.07) is 38.9. The zero-order chi connectivity index (χ0) is 22.5. The van der Waals surface area contributed by atoms with Gasteiger partial charge in [-0.3, -0.25) is 0 Å². The van der Waals surface area contributed by atoms with Gasteiger partial charge in [0.05, 0.1) is 18.0 Å². The topological polar surface area (TPSA) is 6.48 Å². The van der Waals surface area contributed by atoms with Crippen LogP contribution < -0.4 is 9.80 Å². The highest BCUT2D eigenvalue weighted by Crippen LogP contribution is 2.39. The third kappa shape index (κ3) is 4.42. The second kappa shape index (κ2) is 9.79. The molecule has 2 nitrogen and oxygen atoms in total. The van der Waals surface area contributed by atoms with Crippen molar-refractivity contribution in [2.24, 2.45) is 0 Å². The largest absolute Gasteiger partial charge is 0.327 e. The van der Waals surface area contributed by atoms with E-state index in [1.54, 1.807) is 0 Å². The van der Waals surface area contributed by atoms with Gasteiger partial charge in [-0.2, -0.15) is 0 Å². The van der Waals surface area contributed by atoms with Crippen LogP contribution in [0, 0.1) is 0 Å². The van der Waals surface area contributed by atoms with E-state index in [2.05, 4.69) is 132 Å². The number of rotatable bonds is 7. The van der Waals surface area contributed by atoms with Gasteiger partial charge in [0.15, 0.2) is 0 Å². The van der Waals surface area contributed by atoms with Crippen LogP contribution in [0.3, 0.4) is 0 Å². The lowest BCUT2D eigenvalue weighted by Gasteiger charge is -2.27. The molecule has 0 aliphatic carbocycles. The molecule has 164 valence electrons. The number of nitrogens with zero attached hydrogens (tertiary/aromatic N) is 2. The molecule has 0 unspecified atom stereocenters. The van der Waals surface area contributed by atoms with Gasteiger partial charge < -0.3 is 9.80 Å². The van der Waals surface area contributed by atoms with Crippen LogP contribution in [0.15, 0.2) is 121 Å². The molecule has 0 saturated heterocycles. The first-order chi connectivity index (χ1) is 16.3. The van der Waals surface area contributed by atoms with E-state index in [9.17, 15) is 0 Å². The number of hydrogen-bond acceptors (Lipinski definition) is 2. The Bertz CT molecular complexity index is 1230. The minimum Gasteiger partial charge on any atom is -0.327 e. The smallest absolute Gasteiger partial charge is 0.0992 e. The monoisotopic (exact) mass is 430 g/mol. The SMILES string of the molecule is CCCCC1=CN(c2ccccc2-c2ccccc2)CN1c1ccccc1-c1ccccc1. The van der Waals surface area contributed by atoms with E-state index in [0.29, 0.717) is 0 Å². The summed E-state index contributed by atoms with van der Waals surface area (Å²) >= 11 is 0. The van der Waals surface area contributed by atoms with E-state index in [1.165, 1.54) is 52.2 Å². The zero-order valence-corrected chi connectivity index (χ0v) is 19.2. The van der Waals surface area contributed by atoms with Crippen LogP contribution in [0.2, 0.25) is 0 Å². The van der Waals surface area contributed by atoms with Crippen molar-refractivity contribution in [1.29, 1.82) is 0 Å². The Balaban J connectivity index is 1.55. The van der Waals surface area contributed by atoms with Crippen molar-refractivity contribution in [2.45, 2.75) is 26.2 Å². The molecule has 4 aromatic rings. The lowest BCUT2D eigenvalue weighted by Crippen LogP contribution is -2.27. The van der Waals surface area contributed by atoms with Crippen molar-refractivity contribution in [1.82, 2.24) is 0 Å². The first kappa shape index (κ1) is 21.1. The Hall–Kier alpha value is -3.78. The van der Waals surface area contributed by atoms with E-state index in [4.69, 9.17) is 0 Å². The quantitative estimate of drug-likeness (QED) is 0.291. The number of para-hydroxylation sites is 2. The average molecular weight is 431 g/mol. The number of unbranched alkanes of at least 4 members (excludes halogenated alkanes) is 1. The molecule has 2 heteroatoms. The van der Waals surface area contributed by atoms with Crippen LogP contribution in [-0.2, 0) is 0 Å². The lowest BCUT2D eigenvalue weighted by atomic mass is 10.0. The Kier molecular flexibility index (Phi) is 6.25. The number of anilines is 2. The van der Waals surface area contributed by atoms with Gasteiger partial charge >= 0.3 is 0 Å². The first-order valence-corrected chi connectivity index (χ1v) is 11.9. The first-order valence-electron chi connectivity index (χ1n) is 11.9. The van der Waals surface area contributed by atoms with Crippen molar-refractivity contribution in [3.8, 4) is 22.3 Å². The van der Waals surface area contributed by atoms with Gasteiger partial charge in [-0.1, -0.05) is 110 Å². The van der Waals surface area contributed by atoms with Crippen molar-refractivity contribution in [3.63, 3.8) is 0 Å². The molecule has 0 fully saturated rings. The Morgan fingerprint density at radius 1 is 0.606 bits per heavy atom. The summed E-state index contributed by atoms with van der Waals surface area (Å²) in [4.78, 5) is 4.91. The van der Waals surface area contributed by atoms with Gasteiger partial charge in [-0.15, -0.1) is 0 Å². The fourth-order valence-corrected chi connectivity index (χ4v) is 4.62. The number of allylic oxidation sites excluding steroid dienone is 1. The molecule has 1 aliphatic heterocycles. The van der Waals surface area contributed by atoms with Crippen LogP contribution in [0.1, 0.15) is 26.2 Å². The van der Waals surface area contributed by atoms with E-state index in [1.807, 2.05) is 0 Å². The summed E-state index contributed by atoms with van der Waals surface area (Å²) < 4.78 is 0. The van der Waals surface area contributed by atoms with Gasteiger partial charge in [-0.05, 0) is 36.1 Å². The lowest BCUT2D eigenvalue weighted by molar-refractivity contribution is 0.766. The molecule has 1 heterocycles. The summed E-state index contributed by atoms with van der Waals surface area (Å²) in [6.07, 6.45) is 5.80. The molecule has 0 amide bonds. The molecule has 0 radical (unpaired) electrons. The summed E-state index contributed by atoms with van der Waals surface area (Å²) in [5, 5.41) is 0. The van der Waals surface area contributed by atoms with Gasteiger partial charge in [0.25, 0.3) is 0 Å². The second-order valence-electron chi connectivity index (χ2n) is 8.53. The van der Waals surface area contributed by atoms with Crippen LogP contribution in [0.4, 0.5) is 11.4 Å². The van der Waals surface area contributed by atoms with Crippen molar-refractivity contribution in [3.05, 3.63) is 121 Å². The van der Waals surface area contributed by atoms with E-state index in [0.717, 1.165) is 13.1 Å². The van der Waals surface area contributed by atoms with Crippen LogP contribution >= 0.6 is 0 Å². The Labute approximate surface area is 197 Å². The molecular formula is C31H30N2. The normalized spacial score (nSPS) is 13.3. The molecule has 0 atom stereocenters. The predicted octanol–water partition coefficient (Wildman–Crippen LogP) is 8.34. The number of benzene rings is 4. The molecule has 0 saturated carbocycles. The molecule has 33 heavy (non-hydrogen) atoms. The molecule has 0 spiro atoms. The van der Waals surface area contributed by atoms with E-state index in [-0.39, 0.29) is 0 Å². The van der Waals surface area contributed by atoms with Gasteiger partial charge in [0, 0.05) is 23.0 Å². The maximum Gasteiger partial charge on any atom is 0.0992 e. The maximum atomic E-state index is 2.50. The van der Waals surface area contributed by atoms with Crippen molar-refractivity contribution < 1.29 is 0 Å². The summed E-state index contributed by atoms with van der Waals surface area (Å²) in [5.74, 6) is 0. The minimum absolute atomic E-state index is 0.812. The maximum absolute atomic E-state index is 2.50. The van der Waals surface area contributed by atoms with E-state index >= 15 is 0 Å². The third-order valence-electron chi connectivity index (χ3n) is 6.31. The third-order valence-corrected chi connectivity index (χ3v) is 6.31. The predicted molar refractivity (Wildman–Crippen MR) is 141 cm³/mol. The van der Waals surface area contributed by atoms with Gasteiger partial charge in [0.2, 0.25) is 0 Å². The minimum atomic E-state index is 0.812. The standard InChI is InChI=1S/C31H30N2/c1-2-3-18-27-23-32(30-21-12-10-19-28(30)25-14-6-4-7-15-25)24-33(27)31-22-13-11-20-29(31)26-16-8-5-9-17-26/h4-17,19-23H,2-3,18,24H2,1H3. The molecule has 1 aliphatic rings. The molecule has 4 aromatic carbocycles. The van der Waals surface area contributed by atoms with Gasteiger partial charge in [-0.25, -0.2) is 0 Å². The fourth-order valence-electron chi connectivity index (χ4n) is 4.62. The fraction of sp³-hybridized carbons (Fsp3) is 0.161. The zero-order valence-electron chi connectivity index (χ0n) is 19.2. The van der Waals surface area contributed by atoms with Crippen molar-refractivity contribution in [2.75, 3.05) is 16.5 Å². The summed E-state index contributed by atoms with van der Waals surface area (Å²) in [7, 11) is 0. The van der Waals surface area contributed by atoms with Crippen LogP contribution in [-0.4, -0.2) is 6.67 Å². The molecule has 5 rings (SSSR count). The molecule has 0 N–H and O–H groups in total. The highest BCUT2D eigenvalue weighted by Gasteiger charge is 2.26. The number of hydrogen-bond donors (Lipinski definition) is 0. The molecular weight excluding hydrogens is 400 g/mol. The summed E-state index contributed by atoms with van der Waals surface area (Å²) in [6.45, 7) is 3.08.